The topological polar surface area (TPSA) is 52.8 Å². The lowest BCUT2D eigenvalue weighted by Crippen LogP contribution is -2.52. The summed E-state index contributed by atoms with van der Waals surface area (Å²) in [7, 11) is 6.96. The smallest absolute Gasteiger partial charge is 0.344 e. The number of hydrogen-bond donors (Lipinski definition) is 1. The van der Waals surface area contributed by atoms with Gasteiger partial charge in [-0.15, -0.1) is 0 Å². The van der Waals surface area contributed by atoms with E-state index in [0.29, 0.717) is 0 Å². The van der Waals surface area contributed by atoms with Crippen LogP contribution in [0.4, 0.5) is 4.79 Å². The minimum Gasteiger partial charge on any atom is -0.349 e. The van der Waals surface area contributed by atoms with Crippen molar-refractivity contribution in [2.75, 3.05) is 28.2 Å². The normalized spacial score (nSPS) is 10.6. The number of hydrogen-bond acceptors (Lipinski definition) is 3. The van der Waals surface area contributed by atoms with Crippen LogP contribution < -0.4 is 5.73 Å². The fourth-order valence-electron chi connectivity index (χ4n) is 0.752. The molecule has 0 saturated heterocycles. The van der Waals surface area contributed by atoms with Gasteiger partial charge in [0.2, 0.25) is 0 Å². The van der Waals surface area contributed by atoms with Gasteiger partial charge in [-0.25, -0.2) is 14.8 Å². The molecule has 0 aromatic rings. The highest BCUT2D eigenvalue weighted by Gasteiger charge is 2.13. The summed E-state index contributed by atoms with van der Waals surface area (Å²) in [5, 5.41) is 4.50. The van der Waals surface area contributed by atoms with Crippen LogP contribution in [0.25, 0.3) is 0 Å². The molecule has 5 nitrogen and oxygen atoms in total. The van der Waals surface area contributed by atoms with Gasteiger partial charge in [0.05, 0.1) is 0 Å². The minimum absolute atomic E-state index is 0.491. The number of nitrogens with zero attached hydrogens (tertiary/aromatic N) is 3. The van der Waals surface area contributed by atoms with Crippen molar-refractivity contribution >= 4 is 6.03 Å². The van der Waals surface area contributed by atoms with Crippen molar-refractivity contribution in [3.05, 3.63) is 0 Å². The minimum atomic E-state index is -0.491. The quantitative estimate of drug-likeness (QED) is 0.525. The highest BCUT2D eigenvalue weighted by atomic mass is 16.2. The monoisotopic (exact) mass is 146 g/mol. The number of carbonyl (C=O) groups is 1. The lowest BCUT2D eigenvalue weighted by molar-refractivity contribution is -0.0815. The highest BCUT2D eigenvalue weighted by Crippen LogP contribution is 1.91. The van der Waals surface area contributed by atoms with Gasteiger partial charge in [0.25, 0.3) is 0 Å². The number of amides is 2. The van der Waals surface area contributed by atoms with E-state index in [0.717, 1.165) is 0 Å². The molecule has 0 spiro atoms. The maximum atomic E-state index is 10.6. The van der Waals surface area contributed by atoms with Gasteiger partial charge in [-0.05, 0) is 0 Å². The van der Waals surface area contributed by atoms with Crippen molar-refractivity contribution in [1.29, 1.82) is 0 Å². The third kappa shape index (κ3) is 2.20. The van der Waals surface area contributed by atoms with Crippen molar-refractivity contribution in [2.24, 2.45) is 5.73 Å². The van der Waals surface area contributed by atoms with Crippen LogP contribution in [-0.4, -0.2) is 49.4 Å². The summed E-state index contributed by atoms with van der Waals surface area (Å²) < 4.78 is 0. The van der Waals surface area contributed by atoms with E-state index >= 15 is 0 Å². The average molecular weight is 146 g/mol. The summed E-state index contributed by atoms with van der Waals surface area (Å²) in [5.41, 5.74) is 5.04. The van der Waals surface area contributed by atoms with Gasteiger partial charge in [0.1, 0.15) is 0 Å². The van der Waals surface area contributed by atoms with E-state index in [1.807, 2.05) is 0 Å². The Labute approximate surface area is 60.9 Å². The predicted molar refractivity (Wildman–Crippen MR) is 38.8 cm³/mol. The van der Waals surface area contributed by atoms with Gasteiger partial charge in [-0.3, -0.25) is 0 Å². The number of primary amides is 1. The molecule has 0 aromatic heterocycles. The molecule has 0 atom stereocenters. The molecular formula is C5H14N4O. The zero-order valence-electron chi connectivity index (χ0n) is 6.83. The molecule has 0 rings (SSSR count). The molecule has 0 fully saturated rings. The molecule has 0 saturated carbocycles. The largest absolute Gasteiger partial charge is 0.349 e. The Balaban J connectivity index is 4.12. The Bertz CT molecular complexity index is 115. The van der Waals surface area contributed by atoms with Crippen molar-refractivity contribution in [2.45, 2.75) is 0 Å². The van der Waals surface area contributed by atoms with E-state index in [-0.39, 0.29) is 0 Å². The Hall–Kier alpha value is -0.810. The average Bonchev–Trinajstić information content (AvgIpc) is 1.59. The van der Waals surface area contributed by atoms with Gasteiger partial charge in [0, 0.05) is 28.2 Å². The zero-order valence-corrected chi connectivity index (χ0v) is 6.83. The number of rotatable bonds is 2. The molecule has 0 heterocycles. The van der Waals surface area contributed by atoms with Gasteiger partial charge in [-0.2, -0.15) is 5.12 Å². The number of urea groups is 1. The summed E-state index contributed by atoms with van der Waals surface area (Å²) >= 11 is 0. The second-order valence-electron chi connectivity index (χ2n) is 2.32. The molecular weight excluding hydrogens is 132 g/mol. The molecule has 0 aromatic carbocycles. The van der Waals surface area contributed by atoms with Crippen LogP contribution in [0.5, 0.6) is 0 Å². The first kappa shape index (κ1) is 9.19. The molecule has 0 aliphatic rings. The molecule has 0 bridgehead atoms. The molecule has 5 heteroatoms. The van der Waals surface area contributed by atoms with Crippen LogP contribution in [0.2, 0.25) is 0 Å². The van der Waals surface area contributed by atoms with Crippen LogP contribution in [0, 0.1) is 0 Å². The van der Waals surface area contributed by atoms with Crippen LogP contribution >= 0.6 is 0 Å². The number of carbonyl (C=O) groups excluding carboxylic acids is 1. The molecule has 60 valence electrons. The first-order chi connectivity index (χ1) is 4.46. The molecule has 2 amide bonds. The highest BCUT2D eigenvalue weighted by molar-refractivity contribution is 5.70. The summed E-state index contributed by atoms with van der Waals surface area (Å²) in [6, 6.07) is -0.491. The van der Waals surface area contributed by atoms with E-state index in [4.69, 9.17) is 5.73 Å². The Morgan fingerprint density at radius 2 is 1.40 bits per heavy atom. The lowest BCUT2D eigenvalue weighted by Gasteiger charge is -2.31. The van der Waals surface area contributed by atoms with Crippen molar-refractivity contribution < 1.29 is 4.79 Å². The molecule has 0 aliphatic carbocycles. The Morgan fingerprint density at radius 3 is 1.40 bits per heavy atom. The molecule has 0 radical (unpaired) electrons. The van der Waals surface area contributed by atoms with E-state index < -0.39 is 6.03 Å². The van der Waals surface area contributed by atoms with Gasteiger partial charge >= 0.3 is 6.03 Å². The first-order valence-corrected chi connectivity index (χ1v) is 2.91. The van der Waals surface area contributed by atoms with Crippen LogP contribution in [-0.2, 0) is 0 Å². The predicted octanol–water partition coefficient (Wildman–Crippen LogP) is -0.680. The van der Waals surface area contributed by atoms with E-state index in [1.165, 1.54) is 5.12 Å². The number of nitrogens with two attached hydrogens (primary N) is 1. The van der Waals surface area contributed by atoms with Gasteiger partial charge < -0.3 is 5.73 Å². The SMILES string of the molecule is CN(C)N(C(N)=O)N(C)C. The van der Waals surface area contributed by atoms with Crippen molar-refractivity contribution in [3.63, 3.8) is 0 Å². The van der Waals surface area contributed by atoms with Gasteiger partial charge in [0.15, 0.2) is 0 Å². The fraction of sp³-hybridized carbons (Fsp3) is 0.800. The standard InChI is InChI=1S/C5H14N4O/c1-7(2)9(5(6)10)8(3)4/h1-4H3,(H2,6,10). The Kier molecular flexibility index (Phi) is 3.11. The van der Waals surface area contributed by atoms with E-state index in [1.54, 1.807) is 38.2 Å². The summed E-state index contributed by atoms with van der Waals surface area (Å²) in [6.07, 6.45) is 0. The van der Waals surface area contributed by atoms with E-state index in [9.17, 15) is 4.79 Å². The number of hydrazine groups is 2. The second kappa shape index (κ2) is 3.38. The molecule has 10 heavy (non-hydrogen) atoms. The van der Waals surface area contributed by atoms with Crippen molar-refractivity contribution in [3.8, 4) is 0 Å². The lowest BCUT2D eigenvalue weighted by atomic mass is 10.9. The van der Waals surface area contributed by atoms with E-state index in [2.05, 4.69) is 0 Å². The summed E-state index contributed by atoms with van der Waals surface area (Å²) in [4.78, 5) is 10.6. The summed E-state index contributed by atoms with van der Waals surface area (Å²) in [5.74, 6) is 0. The molecule has 0 unspecified atom stereocenters. The zero-order chi connectivity index (χ0) is 8.31. The summed E-state index contributed by atoms with van der Waals surface area (Å²) in [6.45, 7) is 0. The maximum absolute atomic E-state index is 10.6. The van der Waals surface area contributed by atoms with Crippen LogP contribution in [0.3, 0.4) is 0 Å². The second-order valence-corrected chi connectivity index (χ2v) is 2.32. The third-order valence-electron chi connectivity index (χ3n) is 0.955. The first-order valence-electron chi connectivity index (χ1n) is 2.91. The van der Waals surface area contributed by atoms with Crippen molar-refractivity contribution in [1.82, 2.24) is 15.1 Å². The molecule has 0 aliphatic heterocycles. The Morgan fingerprint density at radius 1 is 1.10 bits per heavy atom. The third-order valence-corrected chi connectivity index (χ3v) is 0.955. The van der Waals surface area contributed by atoms with Crippen LogP contribution in [0.15, 0.2) is 0 Å². The van der Waals surface area contributed by atoms with Crippen LogP contribution in [0.1, 0.15) is 0 Å². The fourth-order valence-corrected chi connectivity index (χ4v) is 0.752. The van der Waals surface area contributed by atoms with Gasteiger partial charge in [-0.1, -0.05) is 0 Å². The maximum Gasteiger partial charge on any atom is 0.344 e. The molecule has 2 N–H and O–H groups in total.